The molecular formula is C22H30N4O7. The van der Waals surface area contributed by atoms with Gasteiger partial charge in [-0.3, -0.25) is 4.79 Å². The summed E-state index contributed by atoms with van der Waals surface area (Å²) < 4.78 is 10.4. The van der Waals surface area contributed by atoms with Crippen LogP contribution in [0.3, 0.4) is 0 Å². The van der Waals surface area contributed by atoms with E-state index < -0.39 is 47.8 Å². The normalized spacial score (nSPS) is 17.5. The maximum atomic E-state index is 13.2. The third-order valence-corrected chi connectivity index (χ3v) is 4.58. The number of aliphatic carboxylic acids is 1. The highest BCUT2D eigenvalue weighted by atomic mass is 16.6. The number of benzene rings is 1. The number of carboxylic acids is 1. The largest absolute Gasteiger partial charge is 0.480 e. The highest BCUT2D eigenvalue weighted by Crippen LogP contribution is 2.16. The van der Waals surface area contributed by atoms with Crippen LogP contribution in [-0.2, 0) is 25.7 Å². The Morgan fingerprint density at radius 2 is 1.82 bits per heavy atom. The summed E-state index contributed by atoms with van der Waals surface area (Å²) in [6.07, 6.45) is 0.274. The fourth-order valence-corrected chi connectivity index (χ4v) is 3.03. The second kappa shape index (κ2) is 11.3. The maximum absolute atomic E-state index is 13.2. The van der Waals surface area contributed by atoms with Crippen molar-refractivity contribution in [3.63, 3.8) is 0 Å². The van der Waals surface area contributed by atoms with Crippen molar-refractivity contribution in [2.45, 2.75) is 70.9 Å². The monoisotopic (exact) mass is 462 g/mol. The first-order valence-corrected chi connectivity index (χ1v) is 10.5. The quantitative estimate of drug-likeness (QED) is 0.563. The summed E-state index contributed by atoms with van der Waals surface area (Å²) in [6, 6.07) is 5.48. The number of rotatable bonds is 7. The third kappa shape index (κ3) is 8.09. The molecule has 33 heavy (non-hydrogen) atoms. The smallest absolute Gasteiger partial charge is 0.408 e. The second-order valence-electron chi connectivity index (χ2n) is 8.53. The summed E-state index contributed by atoms with van der Waals surface area (Å²) in [5, 5.41) is 19.1. The third-order valence-electron chi connectivity index (χ3n) is 4.58. The molecule has 1 aromatic carbocycles. The van der Waals surface area contributed by atoms with Gasteiger partial charge in [-0.25, -0.2) is 19.4 Å². The molecule has 1 aliphatic rings. The number of carbonyl (C=O) groups excluding carboxylic acids is 3. The van der Waals surface area contributed by atoms with E-state index in [-0.39, 0.29) is 13.0 Å². The Morgan fingerprint density at radius 1 is 1.15 bits per heavy atom. The lowest BCUT2D eigenvalue weighted by molar-refractivity contribution is -0.152. The van der Waals surface area contributed by atoms with Crippen LogP contribution in [0, 0.1) is 0 Å². The first-order chi connectivity index (χ1) is 15.5. The van der Waals surface area contributed by atoms with Gasteiger partial charge in [0.1, 0.15) is 18.2 Å². The summed E-state index contributed by atoms with van der Waals surface area (Å²) in [4.78, 5) is 49.5. The number of hydrazone groups is 1. The molecule has 1 heterocycles. The lowest BCUT2D eigenvalue weighted by atomic mass is 10.1. The van der Waals surface area contributed by atoms with Crippen LogP contribution in [-0.4, -0.2) is 64.1 Å². The molecule has 2 rings (SSSR count). The number of nitrogens with one attached hydrogen (secondary N) is 2. The molecular weight excluding hydrogens is 432 g/mol. The number of carboxylic acid groups (broad SMARTS) is 1. The first kappa shape index (κ1) is 25.6. The average molecular weight is 463 g/mol. The number of amides is 3. The SMILES string of the molecule is C[C@H](NC(=O)OCc1ccccc1)[C@H](NC(=O)OC(C)(C)C)C(=O)N1N=CCC[C@H]1C(=O)O. The van der Waals surface area contributed by atoms with Crippen LogP contribution in [0.25, 0.3) is 0 Å². The Balaban J connectivity index is 2.14. The number of alkyl carbamates (subject to hydrolysis) is 2. The predicted molar refractivity (Wildman–Crippen MR) is 118 cm³/mol. The molecule has 0 aliphatic carbocycles. The molecule has 1 aliphatic heterocycles. The van der Waals surface area contributed by atoms with Gasteiger partial charge in [-0.1, -0.05) is 30.3 Å². The van der Waals surface area contributed by atoms with Crippen LogP contribution in [0.4, 0.5) is 9.59 Å². The Hall–Kier alpha value is -3.63. The first-order valence-electron chi connectivity index (χ1n) is 10.5. The Labute approximate surface area is 192 Å². The Bertz CT molecular complexity index is 882. The standard InChI is InChI=1S/C22H30N4O7/c1-14(24-20(30)32-13-15-9-6-5-7-10-15)17(25-21(31)33-22(2,3)4)18(27)26-16(19(28)29)11-8-12-23-26/h5-7,9-10,12,14,16-17H,8,11,13H2,1-4H3,(H,24,30)(H,25,31)(H,28,29)/t14-,16-,17-/m0/s1. The summed E-state index contributed by atoms with van der Waals surface area (Å²) in [6.45, 7) is 6.45. The maximum Gasteiger partial charge on any atom is 0.408 e. The lowest BCUT2D eigenvalue weighted by Crippen LogP contribution is -2.60. The minimum atomic E-state index is -1.36. The van der Waals surface area contributed by atoms with E-state index in [0.717, 1.165) is 10.6 Å². The van der Waals surface area contributed by atoms with Crippen molar-refractivity contribution in [3.05, 3.63) is 35.9 Å². The van der Waals surface area contributed by atoms with Gasteiger partial charge in [0.15, 0.2) is 6.04 Å². The Kier molecular flexibility index (Phi) is 8.78. The fraction of sp³-hybridized carbons (Fsp3) is 0.500. The molecule has 3 atom stereocenters. The van der Waals surface area contributed by atoms with E-state index in [1.54, 1.807) is 45.0 Å². The van der Waals surface area contributed by atoms with E-state index in [1.165, 1.54) is 13.1 Å². The molecule has 0 bridgehead atoms. The van der Waals surface area contributed by atoms with Crippen molar-refractivity contribution in [3.8, 4) is 0 Å². The fourth-order valence-electron chi connectivity index (χ4n) is 3.03. The molecule has 0 fully saturated rings. The van der Waals surface area contributed by atoms with Gasteiger partial charge in [0.2, 0.25) is 0 Å². The van der Waals surface area contributed by atoms with Crippen molar-refractivity contribution in [2.24, 2.45) is 5.10 Å². The number of carbonyl (C=O) groups is 4. The molecule has 3 amide bonds. The van der Waals surface area contributed by atoms with Crippen molar-refractivity contribution >= 4 is 30.3 Å². The van der Waals surface area contributed by atoms with Crippen LogP contribution in [0.15, 0.2) is 35.4 Å². The van der Waals surface area contributed by atoms with Gasteiger partial charge in [0.25, 0.3) is 5.91 Å². The topological polar surface area (TPSA) is 147 Å². The van der Waals surface area contributed by atoms with Crippen molar-refractivity contribution in [1.82, 2.24) is 15.6 Å². The van der Waals surface area contributed by atoms with Gasteiger partial charge in [-0.05, 0) is 46.1 Å². The number of ether oxygens (including phenoxy) is 2. The van der Waals surface area contributed by atoms with E-state index >= 15 is 0 Å². The number of hydrogen-bond donors (Lipinski definition) is 3. The molecule has 0 unspecified atom stereocenters. The zero-order chi connectivity index (χ0) is 24.6. The minimum Gasteiger partial charge on any atom is -0.480 e. The molecule has 0 saturated heterocycles. The minimum absolute atomic E-state index is 0.00894. The highest BCUT2D eigenvalue weighted by Gasteiger charge is 2.39. The molecule has 11 heteroatoms. The van der Waals surface area contributed by atoms with Gasteiger partial charge in [0.05, 0.1) is 6.04 Å². The van der Waals surface area contributed by atoms with Crippen molar-refractivity contribution < 1.29 is 33.8 Å². The highest BCUT2D eigenvalue weighted by molar-refractivity contribution is 5.91. The van der Waals surface area contributed by atoms with E-state index in [2.05, 4.69) is 15.7 Å². The molecule has 0 aromatic heterocycles. The van der Waals surface area contributed by atoms with Gasteiger partial charge >= 0.3 is 18.2 Å². The van der Waals surface area contributed by atoms with Crippen molar-refractivity contribution in [1.29, 1.82) is 0 Å². The number of hydrogen-bond acceptors (Lipinski definition) is 7. The zero-order valence-corrected chi connectivity index (χ0v) is 19.1. The molecule has 1 aromatic rings. The summed E-state index contributed by atoms with van der Waals surface area (Å²) in [7, 11) is 0. The zero-order valence-electron chi connectivity index (χ0n) is 19.1. The lowest BCUT2D eigenvalue weighted by Gasteiger charge is -2.33. The Morgan fingerprint density at radius 3 is 2.42 bits per heavy atom. The van der Waals surface area contributed by atoms with E-state index in [0.29, 0.717) is 6.42 Å². The molecule has 0 spiro atoms. The van der Waals surface area contributed by atoms with Crippen LogP contribution in [0.5, 0.6) is 0 Å². The summed E-state index contributed by atoms with van der Waals surface area (Å²) >= 11 is 0. The second-order valence-corrected chi connectivity index (χ2v) is 8.53. The summed E-state index contributed by atoms with van der Waals surface area (Å²) in [5.41, 5.74) is -0.0673. The van der Waals surface area contributed by atoms with Gasteiger partial charge in [-0.15, -0.1) is 0 Å². The van der Waals surface area contributed by atoms with E-state index in [4.69, 9.17) is 9.47 Å². The van der Waals surface area contributed by atoms with Crippen LogP contribution in [0.1, 0.15) is 46.1 Å². The molecule has 3 N–H and O–H groups in total. The molecule has 0 saturated carbocycles. The van der Waals surface area contributed by atoms with E-state index in [1.807, 2.05) is 6.07 Å². The number of nitrogens with zero attached hydrogens (tertiary/aromatic N) is 2. The molecule has 180 valence electrons. The predicted octanol–water partition coefficient (Wildman–Crippen LogP) is 2.26. The van der Waals surface area contributed by atoms with Crippen LogP contribution in [0.2, 0.25) is 0 Å². The van der Waals surface area contributed by atoms with Gasteiger partial charge < -0.3 is 25.2 Å². The average Bonchev–Trinajstić information content (AvgIpc) is 2.75. The summed E-state index contributed by atoms with van der Waals surface area (Å²) in [5.74, 6) is -2.03. The van der Waals surface area contributed by atoms with Gasteiger partial charge in [0, 0.05) is 6.21 Å². The molecule has 0 radical (unpaired) electrons. The molecule has 11 nitrogen and oxygen atoms in total. The van der Waals surface area contributed by atoms with Crippen LogP contribution >= 0.6 is 0 Å². The van der Waals surface area contributed by atoms with Crippen molar-refractivity contribution in [2.75, 3.05) is 0 Å². The van der Waals surface area contributed by atoms with E-state index in [9.17, 15) is 24.3 Å². The van der Waals surface area contributed by atoms with Crippen LogP contribution < -0.4 is 10.6 Å². The van der Waals surface area contributed by atoms with Gasteiger partial charge in [-0.2, -0.15) is 5.10 Å².